The highest BCUT2D eigenvalue weighted by molar-refractivity contribution is 5.87. The first kappa shape index (κ1) is 21.7. The lowest BCUT2D eigenvalue weighted by Crippen LogP contribution is -2.52. The molecule has 168 valence electrons. The Morgan fingerprint density at radius 1 is 1.09 bits per heavy atom. The number of carbonyl (C=O) groups excluding carboxylic acids is 1. The van der Waals surface area contributed by atoms with Gasteiger partial charge in [0.2, 0.25) is 5.91 Å². The molecule has 0 aliphatic carbocycles. The highest BCUT2D eigenvalue weighted by Crippen LogP contribution is 2.19. The Hall–Kier alpha value is -3.55. The first-order chi connectivity index (χ1) is 15.6. The van der Waals surface area contributed by atoms with Crippen molar-refractivity contribution in [2.24, 2.45) is 4.99 Å². The number of guanidine groups is 1. The minimum absolute atomic E-state index is 0.0688. The van der Waals surface area contributed by atoms with Gasteiger partial charge in [0.05, 0.1) is 6.54 Å². The predicted molar refractivity (Wildman–Crippen MR) is 127 cm³/mol. The highest BCUT2D eigenvalue weighted by atomic mass is 19.1. The fourth-order valence-corrected chi connectivity index (χ4v) is 4.03. The van der Waals surface area contributed by atoms with Crippen LogP contribution in [0.5, 0.6) is 0 Å². The summed E-state index contributed by atoms with van der Waals surface area (Å²) >= 11 is 0. The number of nitrogens with zero attached hydrogens (tertiary/aromatic N) is 3. The number of amides is 1. The van der Waals surface area contributed by atoms with Crippen molar-refractivity contribution in [1.29, 1.82) is 0 Å². The van der Waals surface area contributed by atoms with Crippen LogP contribution in [0, 0.1) is 5.82 Å². The van der Waals surface area contributed by atoms with E-state index in [-0.39, 0.29) is 18.3 Å². The zero-order valence-electron chi connectivity index (χ0n) is 18.3. The number of anilines is 1. The lowest BCUT2D eigenvalue weighted by Gasteiger charge is -2.36. The van der Waals surface area contributed by atoms with Crippen LogP contribution in [0.3, 0.4) is 0 Å². The maximum absolute atomic E-state index is 13.3. The molecular weight excluding hydrogens is 407 g/mol. The minimum atomic E-state index is -0.250. The number of benzene rings is 2. The van der Waals surface area contributed by atoms with Crippen LogP contribution in [0.25, 0.3) is 10.9 Å². The summed E-state index contributed by atoms with van der Waals surface area (Å²) in [6.45, 7) is 3.94. The van der Waals surface area contributed by atoms with Crippen molar-refractivity contribution in [3.8, 4) is 0 Å². The van der Waals surface area contributed by atoms with E-state index in [2.05, 4.69) is 37.6 Å². The number of halogens is 1. The van der Waals surface area contributed by atoms with Gasteiger partial charge in [-0.2, -0.15) is 0 Å². The second-order valence-corrected chi connectivity index (χ2v) is 7.81. The van der Waals surface area contributed by atoms with E-state index in [0.29, 0.717) is 25.6 Å². The third-order valence-electron chi connectivity index (χ3n) is 5.80. The quantitative estimate of drug-likeness (QED) is 0.410. The largest absolute Gasteiger partial charge is 0.368 e. The molecule has 7 nitrogen and oxygen atoms in total. The van der Waals surface area contributed by atoms with Gasteiger partial charge in [0, 0.05) is 62.6 Å². The summed E-state index contributed by atoms with van der Waals surface area (Å²) in [4.78, 5) is 24.1. The number of hydrogen-bond donors (Lipinski definition) is 3. The maximum atomic E-state index is 13.3. The Labute approximate surface area is 187 Å². The molecular formula is C24H29FN6O. The van der Waals surface area contributed by atoms with Crippen molar-refractivity contribution in [1.82, 2.24) is 20.5 Å². The Kier molecular flexibility index (Phi) is 6.89. The molecule has 0 atom stereocenters. The molecule has 0 saturated carbocycles. The summed E-state index contributed by atoms with van der Waals surface area (Å²) in [5.41, 5.74) is 3.10. The summed E-state index contributed by atoms with van der Waals surface area (Å²) in [7, 11) is 1.69. The van der Waals surface area contributed by atoms with Gasteiger partial charge in [0.15, 0.2) is 5.96 Å². The highest BCUT2D eigenvalue weighted by Gasteiger charge is 2.21. The number of fused-ring (bicyclic) bond motifs is 1. The monoisotopic (exact) mass is 436 g/mol. The first-order valence-electron chi connectivity index (χ1n) is 10.9. The maximum Gasteiger partial charge on any atom is 0.242 e. The van der Waals surface area contributed by atoms with Crippen molar-refractivity contribution in [2.45, 2.75) is 6.42 Å². The van der Waals surface area contributed by atoms with E-state index in [9.17, 15) is 9.18 Å². The second kappa shape index (κ2) is 10.2. The van der Waals surface area contributed by atoms with Crippen molar-refractivity contribution in [3.05, 3.63) is 66.1 Å². The lowest BCUT2D eigenvalue weighted by atomic mass is 10.1. The smallest absolute Gasteiger partial charge is 0.242 e. The Morgan fingerprint density at radius 2 is 1.88 bits per heavy atom. The van der Waals surface area contributed by atoms with E-state index in [1.165, 1.54) is 17.8 Å². The van der Waals surface area contributed by atoms with E-state index in [1.807, 2.05) is 29.3 Å². The van der Waals surface area contributed by atoms with Crippen LogP contribution in [0.1, 0.15) is 5.56 Å². The summed E-state index contributed by atoms with van der Waals surface area (Å²) in [6.07, 6.45) is 2.66. The summed E-state index contributed by atoms with van der Waals surface area (Å²) < 4.78 is 13.3. The number of aromatic amines is 1. The minimum Gasteiger partial charge on any atom is -0.368 e. The third kappa shape index (κ3) is 5.19. The zero-order valence-corrected chi connectivity index (χ0v) is 18.3. The molecule has 3 aromatic rings. The third-order valence-corrected chi connectivity index (χ3v) is 5.80. The number of rotatable bonds is 6. The van der Waals surface area contributed by atoms with Crippen molar-refractivity contribution in [2.75, 3.05) is 51.2 Å². The van der Waals surface area contributed by atoms with E-state index in [4.69, 9.17) is 0 Å². The number of aromatic nitrogens is 1. The number of carbonyl (C=O) groups is 1. The number of H-pyrrole nitrogens is 1. The molecule has 1 fully saturated rings. The molecule has 2 aromatic carbocycles. The molecule has 1 saturated heterocycles. The van der Waals surface area contributed by atoms with Gasteiger partial charge in [0.25, 0.3) is 0 Å². The molecule has 1 amide bonds. The van der Waals surface area contributed by atoms with E-state index >= 15 is 0 Å². The summed E-state index contributed by atoms with van der Waals surface area (Å²) in [6, 6.07) is 15.0. The SMILES string of the molecule is CN=C(NCCc1c[nH]c2cc(F)ccc12)NCC(=O)N1CCN(c2ccccc2)CC1. The molecule has 0 bridgehead atoms. The predicted octanol–water partition coefficient (Wildman–Crippen LogP) is 2.36. The lowest BCUT2D eigenvalue weighted by molar-refractivity contribution is -0.130. The fourth-order valence-electron chi connectivity index (χ4n) is 4.03. The van der Waals surface area contributed by atoms with Crippen LogP contribution in [0.4, 0.5) is 10.1 Å². The normalized spacial score (nSPS) is 14.6. The molecule has 1 aromatic heterocycles. The zero-order chi connectivity index (χ0) is 22.3. The number of piperazine rings is 1. The molecule has 1 aliphatic rings. The number of aliphatic imine (C=N–C) groups is 1. The standard InChI is InChI=1S/C24H29FN6O/c1-26-24(27-10-9-18-16-28-22-15-19(25)7-8-21(18)22)29-17-23(32)31-13-11-30(12-14-31)20-5-3-2-4-6-20/h2-8,15-16,28H,9-14,17H2,1H3,(H2,26,27,29). The van der Waals surface area contributed by atoms with Gasteiger partial charge >= 0.3 is 0 Å². The Bertz CT molecular complexity index is 1070. The fraction of sp³-hybridized carbons (Fsp3) is 0.333. The van der Waals surface area contributed by atoms with Gasteiger partial charge in [-0.25, -0.2) is 4.39 Å². The number of hydrogen-bond acceptors (Lipinski definition) is 3. The van der Waals surface area contributed by atoms with Crippen LogP contribution < -0.4 is 15.5 Å². The number of nitrogens with one attached hydrogen (secondary N) is 3. The van der Waals surface area contributed by atoms with Crippen LogP contribution in [0.2, 0.25) is 0 Å². The Balaban J connectivity index is 1.20. The van der Waals surface area contributed by atoms with Crippen molar-refractivity contribution >= 4 is 28.5 Å². The van der Waals surface area contributed by atoms with Crippen LogP contribution in [0.15, 0.2) is 59.7 Å². The van der Waals surface area contributed by atoms with E-state index in [0.717, 1.165) is 36.0 Å². The van der Waals surface area contributed by atoms with Crippen molar-refractivity contribution in [3.63, 3.8) is 0 Å². The van der Waals surface area contributed by atoms with Crippen molar-refractivity contribution < 1.29 is 9.18 Å². The van der Waals surface area contributed by atoms with E-state index in [1.54, 1.807) is 13.1 Å². The molecule has 2 heterocycles. The van der Waals surface area contributed by atoms with Crippen LogP contribution in [-0.2, 0) is 11.2 Å². The molecule has 4 rings (SSSR count). The van der Waals surface area contributed by atoms with E-state index < -0.39 is 0 Å². The molecule has 1 aliphatic heterocycles. The average molecular weight is 437 g/mol. The number of para-hydroxylation sites is 1. The molecule has 0 radical (unpaired) electrons. The second-order valence-electron chi connectivity index (χ2n) is 7.81. The van der Waals surface area contributed by atoms with Gasteiger partial charge < -0.3 is 25.4 Å². The Morgan fingerprint density at radius 3 is 2.62 bits per heavy atom. The first-order valence-corrected chi connectivity index (χ1v) is 10.9. The summed E-state index contributed by atoms with van der Waals surface area (Å²) in [5, 5.41) is 7.37. The van der Waals surface area contributed by atoms with Gasteiger partial charge in [-0.3, -0.25) is 9.79 Å². The van der Waals surface area contributed by atoms with Gasteiger partial charge in [-0.1, -0.05) is 18.2 Å². The molecule has 0 spiro atoms. The molecule has 8 heteroatoms. The topological polar surface area (TPSA) is 75.8 Å². The average Bonchev–Trinajstić information content (AvgIpc) is 3.23. The van der Waals surface area contributed by atoms with Gasteiger partial charge in [-0.05, 0) is 42.3 Å². The van der Waals surface area contributed by atoms with Gasteiger partial charge in [-0.15, -0.1) is 0 Å². The molecule has 32 heavy (non-hydrogen) atoms. The molecule has 0 unspecified atom stereocenters. The van der Waals surface area contributed by atoms with Gasteiger partial charge in [0.1, 0.15) is 5.82 Å². The van der Waals surface area contributed by atoms with Crippen LogP contribution >= 0.6 is 0 Å². The van der Waals surface area contributed by atoms with Crippen LogP contribution in [-0.4, -0.2) is 68.1 Å². The molecule has 3 N–H and O–H groups in total. The summed E-state index contributed by atoms with van der Waals surface area (Å²) in [5.74, 6) is 0.409.